The number of aryl methyl sites for hydroxylation is 2. The second-order valence-corrected chi connectivity index (χ2v) is 11.0. The van der Waals surface area contributed by atoms with Gasteiger partial charge >= 0.3 is 11.8 Å². The maximum Gasteiger partial charge on any atom is 0.407 e. The summed E-state index contributed by atoms with van der Waals surface area (Å²) >= 11 is 0. The maximum atomic E-state index is 12.9. The summed E-state index contributed by atoms with van der Waals surface area (Å²) < 4.78 is 8.53. The molecule has 4 rings (SSSR count). The smallest absolute Gasteiger partial charge is 0.407 e. The van der Waals surface area contributed by atoms with E-state index in [0.29, 0.717) is 37.0 Å². The number of hydrogen-bond acceptors (Lipinski definition) is 6. The van der Waals surface area contributed by atoms with Gasteiger partial charge in [0, 0.05) is 24.9 Å². The number of nitrogens with zero attached hydrogens (tertiary/aromatic N) is 3. The molecule has 2 N–H and O–H groups in total. The average molecular weight is 524 g/mol. The summed E-state index contributed by atoms with van der Waals surface area (Å²) in [6.07, 6.45) is 5.46. The van der Waals surface area contributed by atoms with E-state index in [2.05, 4.69) is 15.3 Å². The van der Waals surface area contributed by atoms with Gasteiger partial charge < -0.3 is 14.6 Å². The lowest BCUT2D eigenvalue weighted by Crippen LogP contribution is -2.42. The fourth-order valence-electron chi connectivity index (χ4n) is 5.06. The van der Waals surface area contributed by atoms with Gasteiger partial charge in [0.25, 0.3) is 5.56 Å². The number of benzene rings is 1. The van der Waals surface area contributed by atoms with Crippen LogP contribution in [0.15, 0.2) is 40.2 Å². The molecule has 0 radical (unpaired) electrons. The van der Waals surface area contributed by atoms with Gasteiger partial charge in [-0.3, -0.25) is 19.1 Å². The van der Waals surface area contributed by atoms with Crippen LogP contribution in [-0.4, -0.2) is 42.6 Å². The number of carbonyl (C=O) groups is 2. The van der Waals surface area contributed by atoms with Crippen LogP contribution in [0, 0.1) is 5.92 Å². The van der Waals surface area contributed by atoms with Gasteiger partial charge in [-0.25, -0.2) is 14.6 Å². The van der Waals surface area contributed by atoms with Crippen molar-refractivity contribution < 1.29 is 14.3 Å². The van der Waals surface area contributed by atoms with E-state index in [1.165, 1.54) is 4.57 Å². The Kier molecular flexibility index (Phi) is 8.18. The van der Waals surface area contributed by atoms with Crippen LogP contribution in [-0.2, 0) is 29.0 Å². The first-order valence-corrected chi connectivity index (χ1v) is 13.3. The van der Waals surface area contributed by atoms with Crippen molar-refractivity contribution in [1.29, 1.82) is 0 Å². The zero-order valence-electron chi connectivity index (χ0n) is 22.6. The predicted octanol–water partition coefficient (Wildman–Crippen LogP) is 3.54. The van der Waals surface area contributed by atoms with Crippen molar-refractivity contribution in [1.82, 2.24) is 24.4 Å². The topological polar surface area (TPSA) is 128 Å². The number of amides is 1. The highest BCUT2D eigenvalue weighted by molar-refractivity contribution is 5.81. The Morgan fingerprint density at radius 3 is 2.53 bits per heavy atom. The highest BCUT2D eigenvalue weighted by Crippen LogP contribution is 2.27. The number of rotatable bonds is 8. The Labute approximate surface area is 221 Å². The molecule has 0 aliphatic heterocycles. The van der Waals surface area contributed by atoms with Crippen molar-refractivity contribution in [3.8, 4) is 0 Å². The van der Waals surface area contributed by atoms with Crippen molar-refractivity contribution in [3.63, 3.8) is 0 Å². The Balaban J connectivity index is 1.33. The Bertz CT molecular complexity index is 1410. The molecule has 1 aliphatic carbocycles. The molecule has 0 unspecified atom stereocenters. The normalized spacial score (nSPS) is 17.9. The number of imidazole rings is 1. The van der Waals surface area contributed by atoms with E-state index < -0.39 is 22.9 Å². The number of ether oxygens (including phenoxy) is 1. The van der Waals surface area contributed by atoms with Gasteiger partial charge in [0.2, 0.25) is 0 Å². The molecule has 1 amide bonds. The monoisotopic (exact) mass is 523 g/mol. The van der Waals surface area contributed by atoms with Crippen LogP contribution in [0.2, 0.25) is 0 Å². The number of carbonyl (C=O) groups excluding carboxylic acids is 2. The second kappa shape index (κ2) is 11.4. The summed E-state index contributed by atoms with van der Waals surface area (Å²) in [7, 11) is 0. The summed E-state index contributed by atoms with van der Waals surface area (Å²) in [6, 6.07) is 7.76. The SMILES string of the molecule is CCn1cnc2c1c(=O)[nH]c(=O)n2Cc1ccc(CCC(=O)[C@@H]2CCC[C@H](NC(=O)OC(C)(C)C)C2)cc1. The summed E-state index contributed by atoms with van der Waals surface area (Å²) in [5.74, 6) is 0.166. The molecule has 38 heavy (non-hydrogen) atoms. The van der Waals surface area contributed by atoms with E-state index >= 15 is 0 Å². The summed E-state index contributed by atoms with van der Waals surface area (Å²) in [6.45, 7) is 8.25. The van der Waals surface area contributed by atoms with E-state index in [1.807, 2.05) is 52.0 Å². The first kappa shape index (κ1) is 27.3. The highest BCUT2D eigenvalue weighted by Gasteiger charge is 2.29. The van der Waals surface area contributed by atoms with Crippen molar-refractivity contribution in [2.75, 3.05) is 0 Å². The molecule has 1 saturated carbocycles. The number of fused-ring (bicyclic) bond motifs is 1. The van der Waals surface area contributed by atoms with Crippen LogP contribution in [0.3, 0.4) is 0 Å². The van der Waals surface area contributed by atoms with E-state index in [-0.39, 0.29) is 24.3 Å². The third kappa shape index (κ3) is 6.59. The van der Waals surface area contributed by atoms with Crippen molar-refractivity contribution in [2.24, 2.45) is 5.92 Å². The van der Waals surface area contributed by atoms with Crippen molar-refractivity contribution >= 4 is 23.0 Å². The quantitative estimate of drug-likeness (QED) is 0.465. The van der Waals surface area contributed by atoms with E-state index in [0.717, 1.165) is 30.4 Å². The Morgan fingerprint density at radius 2 is 1.84 bits per heavy atom. The number of Topliss-reactive ketones (excluding diaryl/α,β-unsaturated/α-hetero) is 1. The van der Waals surface area contributed by atoms with E-state index in [9.17, 15) is 19.2 Å². The molecular weight excluding hydrogens is 486 g/mol. The van der Waals surface area contributed by atoms with Gasteiger partial charge in [0.05, 0.1) is 12.9 Å². The number of hydrogen-bond donors (Lipinski definition) is 2. The largest absolute Gasteiger partial charge is 0.444 e. The first-order chi connectivity index (χ1) is 18.0. The second-order valence-electron chi connectivity index (χ2n) is 11.0. The molecule has 2 aromatic heterocycles. The minimum Gasteiger partial charge on any atom is -0.444 e. The molecule has 204 valence electrons. The fraction of sp³-hybridized carbons (Fsp3) is 0.536. The molecule has 1 aromatic carbocycles. The lowest BCUT2D eigenvalue weighted by atomic mass is 9.81. The van der Waals surface area contributed by atoms with Crippen LogP contribution >= 0.6 is 0 Å². The van der Waals surface area contributed by atoms with Gasteiger partial charge in [-0.2, -0.15) is 0 Å². The molecule has 0 spiro atoms. The zero-order valence-corrected chi connectivity index (χ0v) is 22.6. The maximum absolute atomic E-state index is 12.9. The molecule has 2 heterocycles. The molecule has 10 heteroatoms. The van der Waals surface area contributed by atoms with Crippen LogP contribution < -0.4 is 16.6 Å². The molecule has 10 nitrogen and oxygen atoms in total. The van der Waals surface area contributed by atoms with Crippen molar-refractivity contribution in [3.05, 3.63) is 62.6 Å². The third-order valence-corrected chi connectivity index (χ3v) is 6.97. The van der Waals surface area contributed by atoms with Crippen molar-refractivity contribution in [2.45, 2.75) is 91.0 Å². The number of alkyl carbamates (subject to hydrolysis) is 1. The van der Waals surface area contributed by atoms with Gasteiger partial charge in [0.15, 0.2) is 11.2 Å². The van der Waals surface area contributed by atoms with Crippen LogP contribution in [0.1, 0.15) is 70.9 Å². The summed E-state index contributed by atoms with van der Waals surface area (Å²) in [5, 5.41) is 2.92. The number of aromatic amines is 1. The number of ketones is 1. The number of aromatic nitrogens is 4. The average Bonchev–Trinajstić information content (AvgIpc) is 3.29. The zero-order chi connectivity index (χ0) is 27.4. The van der Waals surface area contributed by atoms with E-state index in [1.54, 1.807) is 10.9 Å². The molecule has 1 aliphatic rings. The lowest BCUT2D eigenvalue weighted by Gasteiger charge is -2.30. The van der Waals surface area contributed by atoms with Crippen LogP contribution in [0.25, 0.3) is 11.2 Å². The summed E-state index contributed by atoms with van der Waals surface area (Å²) in [4.78, 5) is 56.5. The minimum atomic E-state index is -0.552. The first-order valence-electron chi connectivity index (χ1n) is 13.3. The third-order valence-electron chi connectivity index (χ3n) is 6.97. The molecule has 2 atom stereocenters. The van der Waals surface area contributed by atoms with Gasteiger partial charge in [-0.1, -0.05) is 30.7 Å². The lowest BCUT2D eigenvalue weighted by molar-refractivity contribution is -0.124. The van der Waals surface area contributed by atoms with Crippen LogP contribution in [0.4, 0.5) is 4.79 Å². The molecule has 0 bridgehead atoms. The molecule has 3 aromatic rings. The molecule has 1 fully saturated rings. The van der Waals surface area contributed by atoms with Crippen LogP contribution in [0.5, 0.6) is 0 Å². The standard InChI is InChI=1S/C28H37N5O5/c1-5-32-17-29-24-23(32)25(35)31-26(36)33(24)16-19-11-9-18(10-12-19)13-14-22(34)20-7-6-8-21(15-20)30-27(37)38-28(2,3)4/h9-12,17,20-21H,5-8,13-16H2,1-4H3,(H,30,37)(H,31,35,36)/t20-,21+/m1/s1. The van der Waals surface area contributed by atoms with E-state index in [4.69, 9.17) is 4.74 Å². The number of H-pyrrole nitrogens is 1. The Morgan fingerprint density at radius 1 is 1.13 bits per heavy atom. The summed E-state index contributed by atoms with van der Waals surface area (Å²) in [5.41, 5.74) is 1.19. The van der Waals surface area contributed by atoms with Gasteiger partial charge in [-0.15, -0.1) is 0 Å². The molecule has 0 saturated heterocycles. The van der Waals surface area contributed by atoms with Gasteiger partial charge in [-0.05, 0) is 64.5 Å². The molecular formula is C28H37N5O5. The highest BCUT2D eigenvalue weighted by atomic mass is 16.6. The predicted molar refractivity (Wildman–Crippen MR) is 144 cm³/mol. The fourth-order valence-corrected chi connectivity index (χ4v) is 5.06. The minimum absolute atomic E-state index is 0.0432. The number of nitrogens with one attached hydrogen (secondary N) is 2. The Hall–Kier alpha value is -3.69. The van der Waals surface area contributed by atoms with Gasteiger partial charge in [0.1, 0.15) is 11.4 Å².